The Balaban J connectivity index is 1.40. The first-order valence-corrected chi connectivity index (χ1v) is 9.68. The van der Waals surface area contributed by atoms with Crippen LogP contribution in [0, 0.1) is 5.82 Å². The van der Waals surface area contributed by atoms with Crippen molar-refractivity contribution in [1.29, 1.82) is 0 Å². The average Bonchev–Trinajstić information content (AvgIpc) is 2.71. The van der Waals surface area contributed by atoms with E-state index in [4.69, 9.17) is 16.3 Å². The third kappa shape index (κ3) is 5.38. The molecule has 0 radical (unpaired) electrons. The minimum absolute atomic E-state index is 0.0918. The molecule has 2 aromatic rings. The van der Waals surface area contributed by atoms with Crippen LogP contribution in [0.3, 0.4) is 0 Å². The molecule has 5 nitrogen and oxygen atoms in total. The lowest BCUT2D eigenvalue weighted by Gasteiger charge is -2.36. The molecular weight excluding hydrogens is 388 g/mol. The SMILES string of the molecule is O=C(c1ccc(F)c(Cl)c1)N1CCC(F)(CCCCOc2ncccn2)CC1. The molecule has 1 aliphatic heterocycles. The van der Waals surface area contributed by atoms with Crippen LogP contribution in [0.5, 0.6) is 6.01 Å². The molecule has 1 aliphatic rings. The van der Waals surface area contributed by atoms with E-state index in [-0.39, 0.29) is 23.8 Å². The Kier molecular flexibility index (Phi) is 6.78. The summed E-state index contributed by atoms with van der Waals surface area (Å²) in [6.45, 7) is 1.10. The minimum atomic E-state index is -1.28. The molecule has 28 heavy (non-hydrogen) atoms. The number of alkyl halides is 1. The van der Waals surface area contributed by atoms with Crippen molar-refractivity contribution in [2.75, 3.05) is 19.7 Å². The first-order valence-electron chi connectivity index (χ1n) is 9.30. The number of likely N-dealkylation sites (tertiary alicyclic amines) is 1. The third-order valence-corrected chi connectivity index (χ3v) is 5.20. The zero-order valence-electron chi connectivity index (χ0n) is 15.4. The van der Waals surface area contributed by atoms with Crippen molar-refractivity contribution in [3.8, 4) is 6.01 Å². The highest BCUT2D eigenvalue weighted by molar-refractivity contribution is 6.31. The van der Waals surface area contributed by atoms with Crippen LogP contribution in [0.15, 0.2) is 36.7 Å². The van der Waals surface area contributed by atoms with E-state index >= 15 is 4.39 Å². The summed E-state index contributed by atoms with van der Waals surface area (Å²) in [7, 11) is 0. The van der Waals surface area contributed by atoms with E-state index in [1.54, 1.807) is 23.4 Å². The molecule has 0 saturated carbocycles. The number of halogens is 3. The minimum Gasteiger partial charge on any atom is -0.463 e. The van der Waals surface area contributed by atoms with Crippen molar-refractivity contribution in [3.63, 3.8) is 0 Å². The van der Waals surface area contributed by atoms with Crippen molar-refractivity contribution < 1.29 is 18.3 Å². The van der Waals surface area contributed by atoms with Crippen LogP contribution in [-0.2, 0) is 0 Å². The monoisotopic (exact) mass is 409 g/mol. The Morgan fingerprint density at radius 3 is 2.61 bits per heavy atom. The van der Waals surface area contributed by atoms with Gasteiger partial charge in [0.05, 0.1) is 11.6 Å². The summed E-state index contributed by atoms with van der Waals surface area (Å²) in [5.41, 5.74) is -0.960. The van der Waals surface area contributed by atoms with Gasteiger partial charge >= 0.3 is 6.01 Å². The predicted molar refractivity (Wildman–Crippen MR) is 102 cm³/mol. The van der Waals surface area contributed by atoms with Crippen molar-refractivity contribution in [2.45, 2.75) is 37.8 Å². The Hall–Kier alpha value is -2.28. The van der Waals surface area contributed by atoms with Crippen LogP contribution in [0.4, 0.5) is 8.78 Å². The van der Waals surface area contributed by atoms with Gasteiger partial charge in [-0.2, -0.15) is 0 Å². The molecule has 3 rings (SSSR count). The number of rotatable bonds is 7. The second-order valence-electron chi connectivity index (χ2n) is 6.91. The van der Waals surface area contributed by atoms with E-state index in [1.807, 2.05) is 0 Å². The molecule has 2 heterocycles. The number of ether oxygens (including phenoxy) is 1. The summed E-state index contributed by atoms with van der Waals surface area (Å²) in [6, 6.07) is 5.91. The quantitative estimate of drug-likeness (QED) is 0.633. The Labute approximate surface area is 167 Å². The fourth-order valence-corrected chi connectivity index (χ4v) is 3.42. The second-order valence-corrected chi connectivity index (χ2v) is 7.32. The first kappa shape index (κ1) is 20.5. The molecule has 0 aliphatic carbocycles. The fraction of sp³-hybridized carbons (Fsp3) is 0.450. The van der Waals surface area contributed by atoms with Gasteiger partial charge in [0.15, 0.2) is 0 Å². The molecular formula is C20H22ClF2N3O2. The lowest BCUT2D eigenvalue weighted by atomic mass is 9.88. The van der Waals surface area contributed by atoms with Crippen molar-refractivity contribution in [3.05, 3.63) is 53.1 Å². The van der Waals surface area contributed by atoms with E-state index in [9.17, 15) is 9.18 Å². The highest BCUT2D eigenvalue weighted by Crippen LogP contribution is 2.32. The normalized spacial score (nSPS) is 16.0. The number of benzene rings is 1. The van der Waals surface area contributed by atoms with E-state index < -0.39 is 11.5 Å². The Morgan fingerprint density at radius 2 is 1.93 bits per heavy atom. The number of amides is 1. The fourth-order valence-electron chi connectivity index (χ4n) is 3.24. The Morgan fingerprint density at radius 1 is 1.21 bits per heavy atom. The van der Waals surface area contributed by atoms with E-state index in [0.717, 1.165) is 0 Å². The molecule has 0 N–H and O–H groups in total. The van der Waals surface area contributed by atoms with E-state index in [2.05, 4.69) is 9.97 Å². The average molecular weight is 410 g/mol. The number of unbranched alkanes of at least 4 members (excludes halogenated alkanes) is 1. The van der Waals surface area contributed by atoms with Crippen LogP contribution in [0.2, 0.25) is 5.02 Å². The lowest BCUT2D eigenvalue weighted by Crippen LogP contribution is -2.44. The zero-order chi connectivity index (χ0) is 20.0. The highest BCUT2D eigenvalue weighted by atomic mass is 35.5. The number of nitrogens with zero attached hydrogens (tertiary/aromatic N) is 3. The van der Waals surface area contributed by atoms with Gasteiger partial charge in [-0.1, -0.05) is 11.6 Å². The topological polar surface area (TPSA) is 55.3 Å². The maximum absolute atomic E-state index is 15.0. The van der Waals surface area contributed by atoms with E-state index in [1.165, 1.54) is 18.2 Å². The van der Waals surface area contributed by atoms with Gasteiger partial charge in [0.2, 0.25) is 0 Å². The molecule has 1 saturated heterocycles. The van der Waals surface area contributed by atoms with Crippen LogP contribution >= 0.6 is 11.6 Å². The van der Waals surface area contributed by atoms with Gasteiger partial charge in [-0.25, -0.2) is 18.7 Å². The van der Waals surface area contributed by atoms with Gasteiger partial charge in [-0.3, -0.25) is 4.79 Å². The molecule has 150 valence electrons. The Bertz CT molecular complexity index is 799. The molecule has 0 spiro atoms. The van der Waals surface area contributed by atoms with Crippen molar-refractivity contribution >= 4 is 17.5 Å². The molecule has 1 fully saturated rings. The molecule has 8 heteroatoms. The van der Waals surface area contributed by atoms with Crippen LogP contribution < -0.4 is 4.74 Å². The summed E-state index contributed by atoms with van der Waals surface area (Å²) in [4.78, 5) is 22.0. The number of carbonyl (C=O) groups is 1. The summed E-state index contributed by atoms with van der Waals surface area (Å²) < 4.78 is 33.7. The summed E-state index contributed by atoms with van der Waals surface area (Å²) in [5.74, 6) is -0.817. The molecule has 0 bridgehead atoms. The van der Waals surface area contributed by atoms with Gasteiger partial charge in [-0.05, 0) is 56.4 Å². The van der Waals surface area contributed by atoms with Crippen LogP contribution in [-0.4, -0.2) is 46.1 Å². The maximum Gasteiger partial charge on any atom is 0.316 e. The summed E-state index contributed by atoms with van der Waals surface area (Å²) in [6.07, 6.45) is 5.61. The number of hydrogen-bond acceptors (Lipinski definition) is 4. The van der Waals surface area contributed by atoms with Crippen LogP contribution in [0.1, 0.15) is 42.5 Å². The van der Waals surface area contributed by atoms with Gasteiger partial charge in [0.25, 0.3) is 5.91 Å². The molecule has 0 unspecified atom stereocenters. The molecule has 1 amide bonds. The van der Waals surface area contributed by atoms with Crippen LogP contribution in [0.25, 0.3) is 0 Å². The molecule has 1 aromatic carbocycles. The number of carbonyl (C=O) groups excluding carboxylic acids is 1. The number of aromatic nitrogens is 2. The molecule has 0 atom stereocenters. The van der Waals surface area contributed by atoms with Crippen molar-refractivity contribution in [2.24, 2.45) is 0 Å². The predicted octanol–water partition coefficient (Wildman–Crippen LogP) is 4.46. The maximum atomic E-state index is 15.0. The van der Waals surface area contributed by atoms with Gasteiger partial charge < -0.3 is 9.64 Å². The second kappa shape index (κ2) is 9.28. The van der Waals surface area contributed by atoms with Crippen molar-refractivity contribution in [1.82, 2.24) is 14.9 Å². The largest absolute Gasteiger partial charge is 0.463 e. The van der Waals surface area contributed by atoms with Gasteiger partial charge in [0, 0.05) is 31.0 Å². The smallest absolute Gasteiger partial charge is 0.316 e. The zero-order valence-corrected chi connectivity index (χ0v) is 16.2. The van der Waals surface area contributed by atoms with Gasteiger partial charge in [0.1, 0.15) is 11.5 Å². The summed E-state index contributed by atoms with van der Waals surface area (Å²) >= 11 is 5.74. The van der Waals surface area contributed by atoms with E-state index in [0.29, 0.717) is 50.5 Å². The highest BCUT2D eigenvalue weighted by Gasteiger charge is 2.35. The standard InChI is InChI=1S/C20H22ClF2N3O2/c21-16-14-15(4-5-17(16)22)18(27)26-11-7-20(23,8-12-26)6-1-2-13-28-19-24-9-3-10-25-19/h3-5,9-10,14H,1-2,6-8,11-13H2. The third-order valence-electron chi connectivity index (χ3n) is 4.91. The summed E-state index contributed by atoms with van der Waals surface area (Å²) in [5, 5.41) is -0.0918. The first-order chi connectivity index (χ1) is 13.5. The molecule has 1 aromatic heterocycles. The van der Waals surface area contributed by atoms with Gasteiger partial charge in [-0.15, -0.1) is 0 Å². The number of piperidine rings is 1. The lowest BCUT2D eigenvalue weighted by molar-refractivity contribution is 0.0382. The number of hydrogen-bond donors (Lipinski definition) is 0.